The number of nitrogens with zero attached hydrogens (tertiary/aromatic N) is 1. The average molecular weight is 303 g/mol. The smallest absolute Gasteiger partial charge is 0.0939 e. The van der Waals surface area contributed by atoms with E-state index in [9.17, 15) is 0 Å². The molecule has 0 unspecified atom stereocenters. The minimum Gasteiger partial charge on any atom is -0.249 e. The first kappa shape index (κ1) is 11.1. The van der Waals surface area contributed by atoms with Crippen molar-refractivity contribution < 1.29 is 0 Å². The molecular weight excluding hydrogens is 294 g/mol. The highest BCUT2D eigenvalue weighted by atomic mass is 79.9. The van der Waals surface area contributed by atoms with E-state index in [1.54, 1.807) is 11.3 Å². The van der Waals surface area contributed by atoms with Gasteiger partial charge in [-0.3, -0.25) is 0 Å². The van der Waals surface area contributed by atoms with E-state index in [1.807, 2.05) is 30.5 Å². The molecule has 1 aromatic carbocycles. The van der Waals surface area contributed by atoms with Gasteiger partial charge in [-0.2, -0.15) is 0 Å². The molecule has 1 heterocycles. The van der Waals surface area contributed by atoms with Gasteiger partial charge >= 0.3 is 0 Å². The van der Waals surface area contributed by atoms with E-state index in [1.165, 1.54) is 0 Å². The molecule has 0 aliphatic carbocycles. The SMILES string of the molecule is Clc1ccccc1-c1cnc(CCBr)s1. The second-order valence-electron chi connectivity index (χ2n) is 3.04. The first-order valence-corrected chi connectivity index (χ1v) is 6.88. The van der Waals surface area contributed by atoms with Crippen LogP contribution in [0.15, 0.2) is 30.5 Å². The van der Waals surface area contributed by atoms with Crippen molar-refractivity contribution in [2.24, 2.45) is 0 Å². The van der Waals surface area contributed by atoms with Gasteiger partial charge in [0.25, 0.3) is 0 Å². The van der Waals surface area contributed by atoms with Crippen LogP contribution in [0.3, 0.4) is 0 Å². The number of thiazole rings is 1. The summed E-state index contributed by atoms with van der Waals surface area (Å²) in [7, 11) is 0. The molecule has 2 aromatic rings. The second-order valence-corrected chi connectivity index (χ2v) is 5.35. The number of halogens is 2. The second kappa shape index (κ2) is 5.10. The van der Waals surface area contributed by atoms with Crippen molar-refractivity contribution in [1.82, 2.24) is 4.98 Å². The maximum absolute atomic E-state index is 6.11. The lowest BCUT2D eigenvalue weighted by molar-refractivity contribution is 1.12. The first-order chi connectivity index (χ1) is 7.31. The van der Waals surface area contributed by atoms with Gasteiger partial charge in [-0.25, -0.2) is 4.98 Å². The molecule has 1 aromatic heterocycles. The minimum atomic E-state index is 0.784. The summed E-state index contributed by atoms with van der Waals surface area (Å²) in [6.45, 7) is 0. The number of benzene rings is 1. The number of aromatic nitrogens is 1. The van der Waals surface area contributed by atoms with Crippen LogP contribution in [0.1, 0.15) is 5.01 Å². The van der Waals surface area contributed by atoms with Gasteiger partial charge in [-0.15, -0.1) is 11.3 Å². The van der Waals surface area contributed by atoms with Crippen LogP contribution >= 0.6 is 38.9 Å². The largest absolute Gasteiger partial charge is 0.249 e. The Morgan fingerprint density at radius 2 is 2.13 bits per heavy atom. The van der Waals surface area contributed by atoms with Gasteiger partial charge < -0.3 is 0 Å². The molecule has 4 heteroatoms. The molecule has 78 valence electrons. The highest BCUT2D eigenvalue weighted by molar-refractivity contribution is 9.09. The molecule has 0 aliphatic rings. The predicted molar refractivity (Wildman–Crippen MR) is 70.1 cm³/mol. The van der Waals surface area contributed by atoms with E-state index in [-0.39, 0.29) is 0 Å². The van der Waals surface area contributed by atoms with Crippen LogP contribution < -0.4 is 0 Å². The van der Waals surface area contributed by atoms with Gasteiger partial charge in [0.1, 0.15) is 0 Å². The molecule has 2 rings (SSSR count). The first-order valence-electron chi connectivity index (χ1n) is 4.57. The Morgan fingerprint density at radius 1 is 1.33 bits per heavy atom. The fraction of sp³-hybridized carbons (Fsp3) is 0.182. The van der Waals surface area contributed by atoms with Gasteiger partial charge in [-0.05, 0) is 6.07 Å². The summed E-state index contributed by atoms with van der Waals surface area (Å²) in [5.74, 6) is 0. The van der Waals surface area contributed by atoms with Gasteiger partial charge in [0, 0.05) is 28.5 Å². The maximum atomic E-state index is 6.11. The summed E-state index contributed by atoms with van der Waals surface area (Å²) in [5.41, 5.74) is 1.07. The zero-order chi connectivity index (χ0) is 10.7. The average Bonchev–Trinajstić information content (AvgIpc) is 2.68. The summed E-state index contributed by atoms with van der Waals surface area (Å²) < 4.78 is 0. The van der Waals surface area contributed by atoms with Crippen molar-refractivity contribution in [2.75, 3.05) is 5.33 Å². The zero-order valence-electron chi connectivity index (χ0n) is 7.91. The van der Waals surface area contributed by atoms with Crippen LogP contribution in [-0.4, -0.2) is 10.3 Å². The van der Waals surface area contributed by atoms with Crippen molar-refractivity contribution in [2.45, 2.75) is 6.42 Å². The van der Waals surface area contributed by atoms with Crippen molar-refractivity contribution in [3.05, 3.63) is 40.5 Å². The summed E-state index contributed by atoms with van der Waals surface area (Å²) >= 11 is 11.2. The summed E-state index contributed by atoms with van der Waals surface area (Å²) in [4.78, 5) is 5.49. The number of alkyl halides is 1. The van der Waals surface area contributed by atoms with Crippen LogP contribution in [0.25, 0.3) is 10.4 Å². The summed E-state index contributed by atoms with van der Waals surface area (Å²) in [6.07, 6.45) is 2.86. The maximum Gasteiger partial charge on any atom is 0.0939 e. The molecule has 0 spiro atoms. The molecule has 0 radical (unpaired) electrons. The van der Waals surface area contributed by atoms with Crippen molar-refractivity contribution in [3.63, 3.8) is 0 Å². The van der Waals surface area contributed by atoms with E-state index in [0.29, 0.717) is 0 Å². The van der Waals surface area contributed by atoms with E-state index in [4.69, 9.17) is 11.6 Å². The fourth-order valence-electron chi connectivity index (χ4n) is 1.29. The van der Waals surface area contributed by atoms with Crippen LogP contribution in [0, 0.1) is 0 Å². The van der Waals surface area contributed by atoms with Crippen molar-refractivity contribution >= 4 is 38.9 Å². The molecule has 0 amide bonds. The zero-order valence-corrected chi connectivity index (χ0v) is 11.1. The molecule has 0 saturated carbocycles. The molecule has 1 nitrogen and oxygen atoms in total. The van der Waals surface area contributed by atoms with Crippen molar-refractivity contribution in [1.29, 1.82) is 0 Å². The highest BCUT2D eigenvalue weighted by Crippen LogP contribution is 2.31. The van der Waals surface area contributed by atoms with Crippen LogP contribution in [0.2, 0.25) is 5.02 Å². The molecular formula is C11H9BrClNS. The minimum absolute atomic E-state index is 0.784. The lowest BCUT2D eigenvalue weighted by Gasteiger charge is -1.98. The van der Waals surface area contributed by atoms with E-state index in [2.05, 4.69) is 20.9 Å². The van der Waals surface area contributed by atoms with Gasteiger partial charge in [0.05, 0.1) is 9.88 Å². The highest BCUT2D eigenvalue weighted by Gasteiger charge is 2.06. The van der Waals surface area contributed by atoms with Gasteiger partial charge in [0.15, 0.2) is 0 Å². The summed E-state index contributed by atoms with van der Waals surface area (Å²) in [5, 5.41) is 2.87. The Labute approximate surface area is 106 Å². The third-order valence-corrected chi connectivity index (χ3v) is 3.82. The number of hydrogen-bond donors (Lipinski definition) is 0. The topological polar surface area (TPSA) is 12.9 Å². The third kappa shape index (κ3) is 2.60. The van der Waals surface area contributed by atoms with Crippen LogP contribution in [-0.2, 0) is 6.42 Å². The molecule has 0 aliphatic heterocycles. The Morgan fingerprint density at radius 3 is 2.87 bits per heavy atom. The van der Waals surface area contributed by atoms with E-state index in [0.717, 1.165) is 32.2 Å². The van der Waals surface area contributed by atoms with Crippen LogP contribution in [0.5, 0.6) is 0 Å². The van der Waals surface area contributed by atoms with E-state index >= 15 is 0 Å². The Balaban J connectivity index is 2.33. The van der Waals surface area contributed by atoms with E-state index < -0.39 is 0 Å². The molecule has 0 fully saturated rings. The number of hydrogen-bond acceptors (Lipinski definition) is 2. The Hall–Kier alpha value is -0.380. The Bertz CT molecular complexity index is 455. The molecule has 15 heavy (non-hydrogen) atoms. The molecule has 0 atom stereocenters. The molecule has 0 N–H and O–H groups in total. The summed E-state index contributed by atoms with van der Waals surface area (Å²) in [6, 6.07) is 7.85. The van der Waals surface area contributed by atoms with Gasteiger partial charge in [-0.1, -0.05) is 45.7 Å². The monoisotopic (exact) mass is 301 g/mol. The standard InChI is InChI=1S/C11H9BrClNS/c12-6-5-11-14-7-10(15-11)8-3-1-2-4-9(8)13/h1-4,7H,5-6H2. The molecule has 0 saturated heterocycles. The van der Waals surface area contributed by atoms with Crippen LogP contribution in [0.4, 0.5) is 0 Å². The lowest BCUT2D eigenvalue weighted by Crippen LogP contribution is -1.80. The lowest BCUT2D eigenvalue weighted by atomic mass is 10.2. The predicted octanol–water partition coefficient (Wildman–Crippen LogP) is 4.40. The van der Waals surface area contributed by atoms with Crippen molar-refractivity contribution in [3.8, 4) is 10.4 Å². The third-order valence-electron chi connectivity index (χ3n) is 2.00. The number of aryl methyl sites for hydroxylation is 1. The Kier molecular flexibility index (Phi) is 3.78. The van der Waals surface area contributed by atoms with Gasteiger partial charge in [0.2, 0.25) is 0 Å². The fourth-order valence-corrected chi connectivity index (χ4v) is 3.18. The molecule has 0 bridgehead atoms. The quantitative estimate of drug-likeness (QED) is 0.766. The number of rotatable bonds is 3. The normalized spacial score (nSPS) is 10.5.